The summed E-state index contributed by atoms with van der Waals surface area (Å²) in [6, 6.07) is 6.30. The van der Waals surface area contributed by atoms with Gasteiger partial charge in [-0.3, -0.25) is 9.69 Å². The third-order valence-corrected chi connectivity index (χ3v) is 3.46. The molecule has 0 unspecified atom stereocenters. The lowest BCUT2D eigenvalue weighted by Gasteiger charge is -2.21. The van der Waals surface area contributed by atoms with E-state index in [1.165, 1.54) is 6.92 Å². The van der Waals surface area contributed by atoms with E-state index in [1.54, 1.807) is 24.3 Å². The van der Waals surface area contributed by atoms with Gasteiger partial charge in [0.05, 0.1) is 19.9 Å². The van der Waals surface area contributed by atoms with Gasteiger partial charge in [0.15, 0.2) is 0 Å². The van der Waals surface area contributed by atoms with Crippen LogP contribution in [0, 0.1) is 0 Å². The number of amides is 1. The molecule has 8 heteroatoms. The zero-order valence-corrected chi connectivity index (χ0v) is 12.9. The average Bonchev–Trinajstić information content (AvgIpc) is 2.79. The van der Waals surface area contributed by atoms with E-state index in [0.717, 1.165) is 19.1 Å². The number of ether oxygens (including phenoxy) is 2. The summed E-state index contributed by atoms with van der Waals surface area (Å²) in [5, 5.41) is 0.484. The molecular formula is C14H13ClN2O5. The highest BCUT2D eigenvalue weighted by atomic mass is 35.5. The molecule has 0 saturated carbocycles. The molecular weight excluding hydrogens is 312 g/mol. The topological polar surface area (TPSA) is 85.3 Å². The molecule has 1 amide bonds. The number of aliphatic imine (C=N–C) groups is 1. The number of halogens is 1. The molecule has 0 spiro atoms. The quantitative estimate of drug-likeness (QED) is 0.616. The number of hydrogen-bond donors (Lipinski definition) is 0. The van der Waals surface area contributed by atoms with Crippen molar-refractivity contribution in [1.29, 1.82) is 0 Å². The molecule has 0 aromatic heterocycles. The van der Waals surface area contributed by atoms with Gasteiger partial charge in [-0.2, -0.15) is 0 Å². The molecule has 2 rings (SSSR count). The summed E-state index contributed by atoms with van der Waals surface area (Å²) >= 11 is 5.81. The molecule has 1 aliphatic heterocycles. The van der Waals surface area contributed by atoms with E-state index < -0.39 is 23.4 Å². The van der Waals surface area contributed by atoms with Crippen molar-refractivity contribution in [2.24, 2.45) is 4.99 Å². The first-order valence-electron chi connectivity index (χ1n) is 6.22. The van der Waals surface area contributed by atoms with E-state index in [-0.39, 0.29) is 5.84 Å². The fraction of sp³-hybridized carbons (Fsp3) is 0.286. The van der Waals surface area contributed by atoms with Crippen LogP contribution in [0.15, 0.2) is 29.3 Å². The van der Waals surface area contributed by atoms with Crippen molar-refractivity contribution < 1.29 is 23.9 Å². The van der Waals surface area contributed by atoms with Crippen LogP contribution in [0.5, 0.6) is 0 Å². The number of carbonyl (C=O) groups excluding carboxylic acids is 3. The van der Waals surface area contributed by atoms with Gasteiger partial charge in [0, 0.05) is 5.02 Å². The largest absolute Gasteiger partial charge is 0.466 e. The van der Waals surface area contributed by atoms with Crippen molar-refractivity contribution >= 4 is 41.0 Å². The Balaban J connectivity index is 2.54. The Kier molecular flexibility index (Phi) is 4.18. The summed E-state index contributed by atoms with van der Waals surface area (Å²) in [6.45, 7) is 1.50. The first kappa shape index (κ1) is 16.0. The number of anilines is 1. The van der Waals surface area contributed by atoms with Gasteiger partial charge in [0.1, 0.15) is 5.84 Å². The number of benzene rings is 1. The fourth-order valence-electron chi connectivity index (χ4n) is 2.19. The minimum atomic E-state index is -2.37. The molecule has 1 heterocycles. The second-order valence-corrected chi connectivity index (χ2v) is 4.91. The Hall–Kier alpha value is -2.41. The Labute approximate surface area is 131 Å². The van der Waals surface area contributed by atoms with Crippen LogP contribution in [0.1, 0.15) is 6.92 Å². The van der Waals surface area contributed by atoms with Crippen molar-refractivity contribution in [3.63, 3.8) is 0 Å². The monoisotopic (exact) mass is 324 g/mol. The zero-order chi connectivity index (χ0) is 16.5. The number of amidine groups is 1. The smallest absolute Gasteiger partial charge is 0.355 e. The van der Waals surface area contributed by atoms with Crippen LogP contribution >= 0.6 is 11.6 Å². The zero-order valence-electron chi connectivity index (χ0n) is 12.1. The van der Waals surface area contributed by atoms with Gasteiger partial charge < -0.3 is 9.47 Å². The third-order valence-electron chi connectivity index (χ3n) is 3.21. The van der Waals surface area contributed by atoms with Crippen LogP contribution < -0.4 is 4.90 Å². The second-order valence-electron chi connectivity index (χ2n) is 4.47. The summed E-state index contributed by atoms with van der Waals surface area (Å²) in [7, 11) is 2.13. The van der Waals surface area contributed by atoms with Crippen molar-refractivity contribution in [2.75, 3.05) is 19.1 Å². The lowest BCUT2D eigenvalue weighted by atomic mass is 10.00. The molecule has 0 N–H and O–H groups in total. The van der Waals surface area contributed by atoms with Gasteiger partial charge in [-0.15, -0.1) is 0 Å². The Bertz CT molecular complexity index is 652. The molecule has 116 valence electrons. The normalized spacial score (nSPS) is 16.3. The van der Waals surface area contributed by atoms with Crippen LogP contribution in [-0.4, -0.2) is 43.4 Å². The molecule has 1 aromatic carbocycles. The van der Waals surface area contributed by atoms with Crippen LogP contribution in [0.4, 0.5) is 5.69 Å². The maximum absolute atomic E-state index is 12.7. The van der Waals surface area contributed by atoms with Crippen LogP contribution in [-0.2, 0) is 23.9 Å². The molecule has 0 saturated heterocycles. The van der Waals surface area contributed by atoms with Gasteiger partial charge >= 0.3 is 17.5 Å². The van der Waals surface area contributed by atoms with Gasteiger partial charge in [-0.25, -0.2) is 14.6 Å². The molecule has 0 aliphatic carbocycles. The molecule has 0 bridgehead atoms. The molecule has 22 heavy (non-hydrogen) atoms. The summed E-state index contributed by atoms with van der Waals surface area (Å²) < 4.78 is 9.13. The molecule has 0 radical (unpaired) electrons. The summed E-state index contributed by atoms with van der Waals surface area (Å²) in [6.07, 6.45) is 0. The van der Waals surface area contributed by atoms with Crippen LogP contribution in [0.2, 0.25) is 5.02 Å². The summed E-state index contributed by atoms with van der Waals surface area (Å²) in [5.41, 5.74) is -1.95. The fourth-order valence-corrected chi connectivity index (χ4v) is 2.31. The minimum Gasteiger partial charge on any atom is -0.466 e. The van der Waals surface area contributed by atoms with Crippen LogP contribution in [0.3, 0.4) is 0 Å². The first-order chi connectivity index (χ1) is 10.4. The predicted molar refractivity (Wildman–Crippen MR) is 78.8 cm³/mol. The number of carbonyl (C=O) groups is 3. The lowest BCUT2D eigenvalue weighted by Crippen LogP contribution is -2.55. The molecule has 0 atom stereocenters. The van der Waals surface area contributed by atoms with Gasteiger partial charge in [0.2, 0.25) is 0 Å². The highest BCUT2D eigenvalue weighted by Crippen LogP contribution is 2.31. The number of rotatable bonds is 3. The van der Waals surface area contributed by atoms with Crippen molar-refractivity contribution in [2.45, 2.75) is 12.5 Å². The van der Waals surface area contributed by atoms with E-state index >= 15 is 0 Å². The summed E-state index contributed by atoms with van der Waals surface area (Å²) in [5.74, 6) is -2.88. The maximum atomic E-state index is 12.7. The van der Waals surface area contributed by atoms with E-state index in [4.69, 9.17) is 11.6 Å². The second kappa shape index (κ2) is 5.76. The third kappa shape index (κ3) is 2.23. The van der Waals surface area contributed by atoms with E-state index in [1.807, 2.05) is 0 Å². The average molecular weight is 325 g/mol. The van der Waals surface area contributed by atoms with Gasteiger partial charge in [0.25, 0.3) is 5.91 Å². The highest BCUT2D eigenvalue weighted by Gasteiger charge is 2.62. The van der Waals surface area contributed by atoms with E-state index in [0.29, 0.717) is 10.7 Å². The Morgan fingerprint density at radius 2 is 1.64 bits per heavy atom. The van der Waals surface area contributed by atoms with Crippen molar-refractivity contribution in [3.05, 3.63) is 29.3 Å². The first-order valence-corrected chi connectivity index (χ1v) is 6.59. The Morgan fingerprint density at radius 1 is 1.14 bits per heavy atom. The molecule has 1 aromatic rings. The highest BCUT2D eigenvalue weighted by molar-refractivity contribution is 6.39. The standard InChI is InChI=1S/C14H13ClN2O5/c1-8-16-14(12(19)21-2,13(20)22-3)11(18)17(8)10-6-4-9(15)5-7-10/h4-7H,1-3H3. The minimum absolute atomic E-state index is 0.170. The Morgan fingerprint density at radius 3 is 2.09 bits per heavy atom. The van der Waals surface area contributed by atoms with Crippen LogP contribution in [0.25, 0.3) is 0 Å². The lowest BCUT2D eigenvalue weighted by molar-refractivity contribution is -0.163. The molecule has 7 nitrogen and oxygen atoms in total. The van der Waals surface area contributed by atoms with Gasteiger partial charge in [-0.05, 0) is 31.2 Å². The maximum Gasteiger partial charge on any atom is 0.355 e. The predicted octanol–water partition coefficient (Wildman–Crippen LogP) is 1.19. The number of nitrogens with zero attached hydrogens (tertiary/aromatic N) is 2. The SMILES string of the molecule is COC(=O)C1(C(=O)OC)N=C(C)N(c2ccc(Cl)cc2)C1=O. The number of esters is 2. The summed E-state index contributed by atoms with van der Waals surface area (Å²) in [4.78, 5) is 41.8. The van der Waals surface area contributed by atoms with E-state index in [9.17, 15) is 14.4 Å². The van der Waals surface area contributed by atoms with Crippen molar-refractivity contribution in [3.8, 4) is 0 Å². The molecule has 1 aliphatic rings. The number of methoxy groups -OCH3 is 2. The molecule has 0 fully saturated rings. The van der Waals surface area contributed by atoms with Gasteiger partial charge in [-0.1, -0.05) is 11.6 Å². The van der Waals surface area contributed by atoms with E-state index in [2.05, 4.69) is 14.5 Å². The number of hydrogen-bond acceptors (Lipinski definition) is 6. The van der Waals surface area contributed by atoms with Crippen molar-refractivity contribution in [1.82, 2.24) is 0 Å².